The Bertz CT molecular complexity index is 376. The molecule has 17 heavy (non-hydrogen) atoms. The third kappa shape index (κ3) is 2.69. The van der Waals surface area contributed by atoms with Crippen LogP contribution in [0.3, 0.4) is 0 Å². The number of rotatable bonds is 3. The van der Waals surface area contributed by atoms with Crippen molar-refractivity contribution in [3.63, 3.8) is 0 Å². The molecule has 1 aromatic rings. The van der Waals surface area contributed by atoms with Gasteiger partial charge in [0.1, 0.15) is 5.75 Å². The molecule has 0 radical (unpaired) electrons. The summed E-state index contributed by atoms with van der Waals surface area (Å²) in [6.07, 6.45) is -0.504. The molecule has 0 aromatic heterocycles. The minimum Gasteiger partial charge on any atom is -0.496 e. The second kappa shape index (κ2) is 5.65. The Morgan fingerprint density at radius 3 is 2.65 bits per heavy atom. The molecule has 1 atom stereocenters. The maximum Gasteiger partial charge on any atom is 0.126 e. The van der Waals surface area contributed by atoms with Crippen LogP contribution in [0.5, 0.6) is 5.75 Å². The molecule has 1 aliphatic heterocycles. The highest BCUT2D eigenvalue weighted by atomic mass is 32.2. The Kier molecular flexibility index (Phi) is 4.18. The summed E-state index contributed by atoms with van der Waals surface area (Å²) in [5, 5.41) is 9.94. The zero-order valence-electron chi connectivity index (χ0n) is 10.3. The zero-order chi connectivity index (χ0) is 12.3. The Balaban J connectivity index is 2.37. The molecule has 1 aliphatic rings. The molecule has 1 saturated heterocycles. The lowest BCUT2D eigenvalue weighted by atomic mass is 10.1. The Morgan fingerprint density at radius 1 is 1.35 bits per heavy atom. The zero-order valence-corrected chi connectivity index (χ0v) is 11.2. The standard InChI is InChI=1S/C13H19NO2S/c1-10(15)13-11(4-3-5-12(13)16-2)14-6-8-17-9-7-14/h3-5,10,15H,6-9H2,1-2H3/t10-/m0/s1. The topological polar surface area (TPSA) is 32.7 Å². The minimum absolute atomic E-state index is 0.504. The highest BCUT2D eigenvalue weighted by Gasteiger charge is 2.20. The molecule has 2 rings (SSSR count). The van der Waals surface area contributed by atoms with Crippen LogP contribution in [0.25, 0.3) is 0 Å². The molecule has 3 nitrogen and oxygen atoms in total. The Hall–Kier alpha value is -0.870. The van der Waals surface area contributed by atoms with Crippen molar-refractivity contribution >= 4 is 17.4 Å². The van der Waals surface area contributed by atoms with Crippen LogP contribution in [-0.2, 0) is 0 Å². The molecule has 0 aliphatic carbocycles. The van der Waals surface area contributed by atoms with E-state index in [9.17, 15) is 5.11 Å². The molecule has 94 valence electrons. The molecule has 1 aromatic carbocycles. The Labute approximate surface area is 107 Å². The summed E-state index contributed by atoms with van der Waals surface area (Å²) in [5.74, 6) is 3.07. The van der Waals surface area contributed by atoms with Crippen LogP contribution in [0.4, 0.5) is 5.69 Å². The maximum absolute atomic E-state index is 9.94. The first-order valence-electron chi connectivity index (χ1n) is 5.91. The molecule has 0 amide bonds. The van der Waals surface area contributed by atoms with Crippen molar-refractivity contribution < 1.29 is 9.84 Å². The second-order valence-electron chi connectivity index (χ2n) is 4.17. The van der Waals surface area contributed by atoms with Gasteiger partial charge in [0, 0.05) is 35.8 Å². The van der Waals surface area contributed by atoms with Gasteiger partial charge in [0.15, 0.2) is 0 Å². The van der Waals surface area contributed by atoms with Gasteiger partial charge >= 0.3 is 0 Å². The largest absolute Gasteiger partial charge is 0.496 e. The third-order valence-corrected chi connectivity index (χ3v) is 3.98. The van der Waals surface area contributed by atoms with E-state index in [-0.39, 0.29) is 0 Å². The molecule has 0 saturated carbocycles. The smallest absolute Gasteiger partial charge is 0.126 e. The SMILES string of the molecule is COc1cccc(N2CCSCC2)c1[C@H](C)O. The van der Waals surface area contributed by atoms with Crippen LogP contribution in [0, 0.1) is 0 Å². The van der Waals surface area contributed by atoms with Crippen molar-refractivity contribution in [3.8, 4) is 5.75 Å². The molecule has 1 N–H and O–H groups in total. The summed E-state index contributed by atoms with van der Waals surface area (Å²) in [6.45, 7) is 3.87. The van der Waals surface area contributed by atoms with Gasteiger partial charge in [0.2, 0.25) is 0 Å². The van der Waals surface area contributed by atoms with Crippen LogP contribution >= 0.6 is 11.8 Å². The second-order valence-corrected chi connectivity index (χ2v) is 5.39. The van der Waals surface area contributed by atoms with E-state index in [1.807, 2.05) is 23.9 Å². The number of methoxy groups -OCH3 is 1. The van der Waals surface area contributed by atoms with Crippen molar-refractivity contribution in [2.45, 2.75) is 13.0 Å². The lowest BCUT2D eigenvalue weighted by Gasteiger charge is -2.31. The van der Waals surface area contributed by atoms with Gasteiger partial charge in [-0.3, -0.25) is 0 Å². The van der Waals surface area contributed by atoms with Gasteiger partial charge in [-0.05, 0) is 19.1 Å². The van der Waals surface area contributed by atoms with E-state index in [2.05, 4.69) is 11.0 Å². The number of ether oxygens (including phenoxy) is 1. The van der Waals surface area contributed by atoms with Crippen LogP contribution in [0.15, 0.2) is 18.2 Å². The monoisotopic (exact) mass is 253 g/mol. The van der Waals surface area contributed by atoms with Gasteiger partial charge < -0.3 is 14.7 Å². The number of hydrogen-bond donors (Lipinski definition) is 1. The van der Waals surface area contributed by atoms with E-state index in [1.165, 1.54) is 0 Å². The van der Waals surface area contributed by atoms with Crippen molar-refractivity contribution in [2.75, 3.05) is 36.6 Å². The molecule has 4 heteroatoms. The lowest BCUT2D eigenvalue weighted by molar-refractivity contribution is 0.194. The number of benzene rings is 1. The summed E-state index contributed by atoms with van der Waals surface area (Å²) < 4.78 is 5.35. The number of hydrogen-bond acceptors (Lipinski definition) is 4. The summed E-state index contributed by atoms with van der Waals surface area (Å²) in [6, 6.07) is 5.96. The third-order valence-electron chi connectivity index (χ3n) is 3.03. The molecule has 0 bridgehead atoms. The van der Waals surface area contributed by atoms with E-state index in [0.717, 1.165) is 41.6 Å². The normalized spacial score (nSPS) is 17.9. The van der Waals surface area contributed by atoms with Gasteiger partial charge in [0.05, 0.1) is 13.2 Å². The van der Waals surface area contributed by atoms with Gasteiger partial charge in [0.25, 0.3) is 0 Å². The van der Waals surface area contributed by atoms with E-state index in [4.69, 9.17) is 4.74 Å². The first-order valence-corrected chi connectivity index (χ1v) is 7.07. The fraction of sp³-hybridized carbons (Fsp3) is 0.538. The first-order chi connectivity index (χ1) is 8.24. The van der Waals surface area contributed by atoms with Crippen LogP contribution in [-0.4, -0.2) is 36.8 Å². The summed E-state index contributed by atoms with van der Waals surface area (Å²) >= 11 is 1.98. The van der Waals surface area contributed by atoms with Crippen LogP contribution < -0.4 is 9.64 Å². The summed E-state index contributed by atoms with van der Waals surface area (Å²) in [7, 11) is 1.65. The minimum atomic E-state index is -0.504. The van der Waals surface area contributed by atoms with Crippen molar-refractivity contribution in [1.29, 1.82) is 0 Å². The average molecular weight is 253 g/mol. The predicted molar refractivity (Wildman–Crippen MR) is 73.2 cm³/mol. The highest BCUT2D eigenvalue weighted by molar-refractivity contribution is 7.99. The molecular weight excluding hydrogens is 234 g/mol. The van der Waals surface area contributed by atoms with Crippen LogP contribution in [0.2, 0.25) is 0 Å². The van der Waals surface area contributed by atoms with Gasteiger partial charge in [-0.15, -0.1) is 0 Å². The number of aliphatic hydroxyl groups excluding tert-OH is 1. The highest BCUT2D eigenvalue weighted by Crippen LogP contribution is 2.35. The van der Waals surface area contributed by atoms with E-state index in [1.54, 1.807) is 14.0 Å². The van der Waals surface area contributed by atoms with Gasteiger partial charge in [-0.2, -0.15) is 11.8 Å². The quantitative estimate of drug-likeness (QED) is 0.896. The summed E-state index contributed by atoms with van der Waals surface area (Å²) in [4.78, 5) is 2.33. The molecule has 1 heterocycles. The number of anilines is 1. The Morgan fingerprint density at radius 2 is 2.06 bits per heavy atom. The molecule has 1 fully saturated rings. The van der Waals surface area contributed by atoms with Gasteiger partial charge in [-0.25, -0.2) is 0 Å². The van der Waals surface area contributed by atoms with Crippen molar-refractivity contribution in [2.24, 2.45) is 0 Å². The van der Waals surface area contributed by atoms with Crippen LogP contribution in [0.1, 0.15) is 18.6 Å². The fourth-order valence-electron chi connectivity index (χ4n) is 2.21. The molecule has 0 spiro atoms. The predicted octanol–water partition coefficient (Wildman–Crippen LogP) is 2.30. The number of thioether (sulfide) groups is 1. The van der Waals surface area contributed by atoms with E-state index in [0.29, 0.717) is 0 Å². The number of aliphatic hydroxyl groups is 1. The number of nitrogens with zero attached hydrogens (tertiary/aromatic N) is 1. The van der Waals surface area contributed by atoms with Gasteiger partial charge in [-0.1, -0.05) is 6.07 Å². The average Bonchev–Trinajstić information content (AvgIpc) is 2.38. The first kappa shape index (κ1) is 12.6. The van der Waals surface area contributed by atoms with E-state index >= 15 is 0 Å². The lowest BCUT2D eigenvalue weighted by Crippen LogP contribution is -2.33. The van der Waals surface area contributed by atoms with Crippen molar-refractivity contribution in [1.82, 2.24) is 0 Å². The summed E-state index contributed by atoms with van der Waals surface area (Å²) in [5.41, 5.74) is 2.02. The van der Waals surface area contributed by atoms with Crippen molar-refractivity contribution in [3.05, 3.63) is 23.8 Å². The van der Waals surface area contributed by atoms with E-state index < -0.39 is 6.10 Å². The molecular formula is C13H19NO2S. The fourth-order valence-corrected chi connectivity index (χ4v) is 3.11. The maximum atomic E-state index is 9.94. The molecule has 0 unspecified atom stereocenters.